The van der Waals surface area contributed by atoms with Gasteiger partial charge in [0.2, 0.25) is 11.7 Å². The number of aryl methyl sites for hydroxylation is 1. The van der Waals surface area contributed by atoms with Crippen LogP contribution in [0.15, 0.2) is 52.1 Å². The molecule has 0 saturated carbocycles. The lowest BCUT2D eigenvalue weighted by Gasteiger charge is -2.05. The Balaban J connectivity index is 1.67. The van der Waals surface area contributed by atoms with Crippen LogP contribution in [0.2, 0.25) is 0 Å². The quantitative estimate of drug-likeness (QED) is 0.398. The van der Waals surface area contributed by atoms with Crippen molar-refractivity contribution < 1.29 is 19.6 Å². The number of oxime groups is 1. The summed E-state index contributed by atoms with van der Waals surface area (Å²) in [6.45, 7) is 3.98. The van der Waals surface area contributed by atoms with Gasteiger partial charge in [-0.3, -0.25) is 0 Å². The number of nitrogens with zero attached hydrogens (tertiary/aromatic N) is 3. The number of hydrogen-bond acceptors (Lipinski definition) is 7. The molecule has 0 aliphatic carbocycles. The van der Waals surface area contributed by atoms with E-state index in [1.54, 1.807) is 13.0 Å². The first-order valence-electron chi connectivity index (χ1n) is 8.17. The predicted molar refractivity (Wildman–Crippen MR) is 95.9 cm³/mol. The summed E-state index contributed by atoms with van der Waals surface area (Å²) in [5.74, 6) is 0.769. The van der Waals surface area contributed by atoms with E-state index >= 15 is 0 Å². The molecule has 1 aromatic heterocycles. The minimum absolute atomic E-state index is 0.174. The molecule has 1 heterocycles. The highest BCUT2D eigenvalue weighted by atomic mass is 16.6. The van der Waals surface area contributed by atoms with Crippen LogP contribution in [0.4, 0.5) is 0 Å². The SMILES string of the molecule is CCc1nc(-c2cccc(CO/N=C(\C)c3ccc(O)c(O)c3)c2)no1. The molecule has 0 bridgehead atoms. The number of aromatic nitrogens is 2. The lowest BCUT2D eigenvalue weighted by atomic mass is 10.1. The molecule has 0 atom stereocenters. The maximum absolute atomic E-state index is 9.55. The van der Waals surface area contributed by atoms with E-state index in [1.165, 1.54) is 12.1 Å². The molecule has 3 aromatic rings. The maximum Gasteiger partial charge on any atom is 0.226 e. The zero-order valence-corrected chi connectivity index (χ0v) is 14.5. The fraction of sp³-hybridized carbons (Fsp3) is 0.211. The Kier molecular flexibility index (Phi) is 5.17. The Bertz CT molecular complexity index is 934. The number of hydrogen-bond donors (Lipinski definition) is 2. The Labute approximate surface area is 150 Å². The van der Waals surface area contributed by atoms with E-state index in [-0.39, 0.29) is 18.1 Å². The molecule has 7 nitrogen and oxygen atoms in total. The van der Waals surface area contributed by atoms with Crippen LogP contribution in [0.3, 0.4) is 0 Å². The predicted octanol–water partition coefficient (Wildman–Crippen LogP) is 3.65. The zero-order valence-electron chi connectivity index (χ0n) is 14.5. The maximum atomic E-state index is 9.55. The number of phenolic OH excluding ortho intramolecular Hbond substituents is 2. The molecule has 2 aromatic carbocycles. The van der Waals surface area contributed by atoms with E-state index in [9.17, 15) is 10.2 Å². The Morgan fingerprint density at radius 1 is 1.15 bits per heavy atom. The first-order valence-corrected chi connectivity index (χ1v) is 8.17. The minimum Gasteiger partial charge on any atom is -0.504 e. The summed E-state index contributed by atoms with van der Waals surface area (Å²) in [6, 6.07) is 12.1. The molecule has 0 unspecified atom stereocenters. The van der Waals surface area contributed by atoms with E-state index < -0.39 is 0 Å². The van der Waals surface area contributed by atoms with Crippen molar-refractivity contribution in [2.24, 2.45) is 5.16 Å². The molecule has 0 radical (unpaired) electrons. The molecular formula is C19H19N3O4. The van der Waals surface area contributed by atoms with Crippen LogP contribution in [0.1, 0.15) is 30.9 Å². The molecule has 134 valence electrons. The summed E-state index contributed by atoms with van der Waals surface area (Å²) >= 11 is 0. The first kappa shape index (κ1) is 17.5. The average Bonchev–Trinajstić information content (AvgIpc) is 3.13. The van der Waals surface area contributed by atoms with Crippen molar-refractivity contribution in [1.82, 2.24) is 10.1 Å². The van der Waals surface area contributed by atoms with Gasteiger partial charge in [-0.15, -0.1) is 0 Å². The summed E-state index contributed by atoms with van der Waals surface area (Å²) in [7, 11) is 0. The van der Waals surface area contributed by atoms with Gasteiger partial charge in [0, 0.05) is 17.5 Å². The van der Waals surface area contributed by atoms with E-state index in [0.29, 0.717) is 29.4 Å². The number of aromatic hydroxyl groups is 2. The summed E-state index contributed by atoms with van der Waals surface area (Å²) in [5, 5.41) is 26.9. The normalized spacial score (nSPS) is 11.5. The molecule has 26 heavy (non-hydrogen) atoms. The first-order chi connectivity index (χ1) is 12.6. The summed E-state index contributed by atoms with van der Waals surface area (Å²) in [4.78, 5) is 9.72. The Hall–Kier alpha value is -3.35. The second-order valence-electron chi connectivity index (χ2n) is 5.72. The third-order valence-electron chi connectivity index (χ3n) is 3.78. The molecule has 0 saturated heterocycles. The lowest BCUT2D eigenvalue weighted by molar-refractivity contribution is 0.130. The standard InChI is InChI=1S/C19H19N3O4/c1-3-18-20-19(22-26-18)15-6-4-5-13(9-15)11-25-21-12(2)14-7-8-16(23)17(24)10-14/h4-10,23-24H,3,11H2,1-2H3/b21-12+. The van der Waals surface area contributed by atoms with Gasteiger partial charge in [0.05, 0.1) is 5.71 Å². The van der Waals surface area contributed by atoms with Gasteiger partial charge in [-0.05, 0) is 36.8 Å². The van der Waals surface area contributed by atoms with Crippen LogP contribution in [0.25, 0.3) is 11.4 Å². The monoisotopic (exact) mass is 353 g/mol. The summed E-state index contributed by atoms with van der Waals surface area (Å²) in [6.07, 6.45) is 0.691. The highest BCUT2D eigenvalue weighted by Crippen LogP contribution is 2.25. The molecular weight excluding hydrogens is 334 g/mol. The van der Waals surface area contributed by atoms with Gasteiger partial charge >= 0.3 is 0 Å². The van der Waals surface area contributed by atoms with E-state index in [0.717, 1.165) is 11.1 Å². The van der Waals surface area contributed by atoms with Gasteiger partial charge < -0.3 is 19.6 Å². The Morgan fingerprint density at radius 2 is 2.00 bits per heavy atom. The highest BCUT2D eigenvalue weighted by Gasteiger charge is 2.08. The second kappa shape index (κ2) is 7.69. The third-order valence-corrected chi connectivity index (χ3v) is 3.78. The largest absolute Gasteiger partial charge is 0.504 e. The van der Waals surface area contributed by atoms with Crippen molar-refractivity contribution in [3.8, 4) is 22.9 Å². The third kappa shape index (κ3) is 4.00. The van der Waals surface area contributed by atoms with Crippen LogP contribution in [-0.4, -0.2) is 26.1 Å². The van der Waals surface area contributed by atoms with Crippen LogP contribution >= 0.6 is 0 Å². The van der Waals surface area contributed by atoms with Crippen LogP contribution in [0, 0.1) is 0 Å². The van der Waals surface area contributed by atoms with Gasteiger partial charge in [-0.2, -0.15) is 4.98 Å². The van der Waals surface area contributed by atoms with Crippen molar-refractivity contribution in [3.05, 3.63) is 59.5 Å². The molecule has 0 aliphatic rings. The smallest absolute Gasteiger partial charge is 0.226 e. The van der Waals surface area contributed by atoms with Crippen LogP contribution < -0.4 is 0 Å². The van der Waals surface area contributed by atoms with Crippen molar-refractivity contribution in [3.63, 3.8) is 0 Å². The number of rotatable bonds is 6. The number of benzene rings is 2. The molecule has 0 spiro atoms. The van der Waals surface area contributed by atoms with Crippen molar-refractivity contribution in [2.45, 2.75) is 26.9 Å². The molecule has 0 aliphatic heterocycles. The zero-order chi connectivity index (χ0) is 18.5. The van der Waals surface area contributed by atoms with Crippen molar-refractivity contribution in [2.75, 3.05) is 0 Å². The summed E-state index contributed by atoms with van der Waals surface area (Å²) in [5.41, 5.74) is 3.00. The topological polar surface area (TPSA) is 101 Å². The molecule has 0 fully saturated rings. The molecule has 0 amide bonds. The van der Waals surface area contributed by atoms with Crippen LogP contribution in [0.5, 0.6) is 11.5 Å². The van der Waals surface area contributed by atoms with Gasteiger partial charge in [0.25, 0.3) is 0 Å². The van der Waals surface area contributed by atoms with Crippen molar-refractivity contribution in [1.29, 1.82) is 0 Å². The van der Waals surface area contributed by atoms with Crippen molar-refractivity contribution >= 4 is 5.71 Å². The lowest BCUT2D eigenvalue weighted by Crippen LogP contribution is -1.97. The van der Waals surface area contributed by atoms with E-state index in [1.807, 2.05) is 31.2 Å². The second-order valence-corrected chi connectivity index (χ2v) is 5.72. The van der Waals surface area contributed by atoms with E-state index in [4.69, 9.17) is 9.36 Å². The van der Waals surface area contributed by atoms with Gasteiger partial charge in [-0.1, -0.05) is 35.4 Å². The molecule has 2 N–H and O–H groups in total. The minimum atomic E-state index is -0.198. The molecule has 7 heteroatoms. The van der Waals surface area contributed by atoms with Gasteiger partial charge in [-0.25, -0.2) is 0 Å². The van der Waals surface area contributed by atoms with Gasteiger partial charge in [0.1, 0.15) is 6.61 Å². The van der Waals surface area contributed by atoms with Gasteiger partial charge in [0.15, 0.2) is 11.5 Å². The molecule has 3 rings (SSSR count). The Morgan fingerprint density at radius 3 is 2.73 bits per heavy atom. The van der Waals surface area contributed by atoms with E-state index in [2.05, 4.69) is 15.3 Å². The number of phenols is 2. The fourth-order valence-electron chi connectivity index (χ4n) is 2.32. The highest BCUT2D eigenvalue weighted by molar-refractivity contribution is 5.98. The summed E-state index contributed by atoms with van der Waals surface area (Å²) < 4.78 is 5.14. The average molecular weight is 353 g/mol. The fourth-order valence-corrected chi connectivity index (χ4v) is 2.32. The van der Waals surface area contributed by atoms with Crippen LogP contribution in [-0.2, 0) is 17.9 Å².